The van der Waals surface area contributed by atoms with Crippen LogP contribution in [-0.2, 0) is 14.3 Å². The molecule has 0 aromatic carbocycles. The van der Waals surface area contributed by atoms with E-state index in [1.807, 2.05) is 0 Å². The van der Waals surface area contributed by atoms with Crippen molar-refractivity contribution in [3.63, 3.8) is 0 Å². The van der Waals surface area contributed by atoms with Crippen LogP contribution in [-0.4, -0.2) is 44.9 Å². The van der Waals surface area contributed by atoms with Gasteiger partial charge >= 0.3 is 0 Å². The molecule has 94 valence electrons. The number of amides is 1. The van der Waals surface area contributed by atoms with Crippen molar-refractivity contribution in [3.05, 3.63) is 0 Å². The van der Waals surface area contributed by atoms with E-state index >= 15 is 0 Å². The van der Waals surface area contributed by atoms with Crippen LogP contribution >= 0.6 is 0 Å². The number of nitrogens with two attached hydrogens (primary N) is 1. The highest BCUT2D eigenvalue weighted by Gasteiger charge is 2.19. The first-order valence-corrected chi connectivity index (χ1v) is 5.84. The second kappa shape index (κ2) is 7.60. The minimum absolute atomic E-state index is 0.0448. The average molecular weight is 230 g/mol. The summed E-state index contributed by atoms with van der Waals surface area (Å²) in [5, 5.41) is 2.96. The van der Waals surface area contributed by atoms with Gasteiger partial charge in [0.1, 0.15) is 6.61 Å². The van der Waals surface area contributed by atoms with E-state index < -0.39 is 0 Å². The lowest BCUT2D eigenvalue weighted by atomic mass is 9.92. The molecule has 0 radical (unpaired) electrons. The third-order valence-corrected chi connectivity index (χ3v) is 2.80. The first-order valence-electron chi connectivity index (χ1n) is 5.84. The number of nitrogens with one attached hydrogen (secondary N) is 1. The van der Waals surface area contributed by atoms with Gasteiger partial charge in [-0.25, -0.2) is 0 Å². The molecular formula is C11H22N2O3. The zero-order valence-electron chi connectivity index (χ0n) is 9.91. The molecule has 0 aromatic rings. The van der Waals surface area contributed by atoms with Crippen LogP contribution in [0.5, 0.6) is 0 Å². The Labute approximate surface area is 96.7 Å². The van der Waals surface area contributed by atoms with Crippen LogP contribution in [0.2, 0.25) is 0 Å². The fraction of sp³-hybridized carbons (Fsp3) is 0.909. The van der Waals surface area contributed by atoms with Gasteiger partial charge in [-0.05, 0) is 25.7 Å². The van der Waals surface area contributed by atoms with Crippen LogP contribution in [0.3, 0.4) is 0 Å². The maximum atomic E-state index is 11.4. The molecule has 0 saturated heterocycles. The maximum absolute atomic E-state index is 11.4. The van der Waals surface area contributed by atoms with E-state index in [-0.39, 0.29) is 18.6 Å². The third kappa shape index (κ3) is 5.44. The topological polar surface area (TPSA) is 73.6 Å². The van der Waals surface area contributed by atoms with E-state index in [2.05, 4.69) is 5.32 Å². The molecule has 0 heterocycles. The monoisotopic (exact) mass is 230 g/mol. The van der Waals surface area contributed by atoms with Crippen LogP contribution in [0.25, 0.3) is 0 Å². The van der Waals surface area contributed by atoms with Crippen molar-refractivity contribution in [2.24, 2.45) is 5.73 Å². The van der Waals surface area contributed by atoms with E-state index in [4.69, 9.17) is 15.2 Å². The van der Waals surface area contributed by atoms with Crippen LogP contribution in [0.15, 0.2) is 0 Å². The number of methoxy groups -OCH3 is 1. The molecule has 16 heavy (non-hydrogen) atoms. The molecule has 1 fully saturated rings. The Morgan fingerprint density at radius 2 is 2.00 bits per heavy atom. The summed E-state index contributed by atoms with van der Waals surface area (Å²) in [4.78, 5) is 11.4. The van der Waals surface area contributed by atoms with Gasteiger partial charge < -0.3 is 20.5 Å². The predicted octanol–water partition coefficient (Wildman–Crippen LogP) is 0.0355. The van der Waals surface area contributed by atoms with Crippen molar-refractivity contribution >= 4 is 5.91 Å². The summed E-state index contributed by atoms with van der Waals surface area (Å²) >= 11 is 0. The van der Waals surface area contributed by atoms with E-state index in [1.165, 1.54) is 0 Å². The molecule has 1 saturated carbocycles. The second-order valence-electron chi connectivity index (χ2n) is 4.22. The van der Waals surface area contributed by atoms with Gasteiger partial charge in [-0.15, -0.1) is 0 Å². The molecule has 0 unspecified atom stereocenters. The van der Waals surface area contributed by atoms with E-state index in [0.29, 0.717) is 19.3 Å². The van der Waals surface area contributed by atoms with Crippen LogP contribution in [0, 0.1) is 0 Å². The Morgan fingerprint density at radius 1 is 1.31 bits per heavy atom. The Hall–Kier alpha value is -0.650. The van der Waals surface area contributed by atoms with Gasteiger partial charge in [0.05, 0.1) is 13.2 Å². The molecule has 0 aromatic heterocycles. The molecule has 1 aliphatic carbocycles. The molecule has 0 atom stereocenters. The summed E-state index contributed by atoms with van der Waals surface area (Å²) in [7, 11) is 1.61. The Kier molecular flexibility index (Phi) is 6.37. The number of rotatable bonds is 6. The highest BCUT2D eigenvalue weighted by molar-refractivity contribution is 5.77. The van der Waals surface area contributed by atoms with E-state index in [0.717, 1.165) is 25.7 Å². The normalized spacial score (nSPS) is 25.4. The molecule has 1 rings (SSSR count). The molecule has 5 heteroatoms. The zero-order chi connectivity index (χ0) is 11.8. The maximum Gasteiger partial charge on any atom is 0.246 e. The minimum atomic E-state index is -0.0448. The summed E-state index contributed by atoms with van der Waals surface area (Å²) in [5.41, 5.74) is 5.79. The molecular weight excluding hydrogens is 208 g/mol. The minimum Gasteiger partial charge on any atom is -0.382 e. The number of carbonyl (C=O) groups is 1. The molecule has 0 spiro atoms. The van der Waals surface area contributed by atoms with Gasteiger partial charge in [0.25, 0.3) is 0 Å². The summed E-state index contributed by atoms with van der Waals surface area (Å²) in [6.07, 6.45) is 3.95. The molecule has 0 aliphatic heterocycles. The van der Waals surface area contributed by atoms with Gasteiger partial charge in [-0.2, -0.15) is 0 Å². The van der Waals surface area contributed by atoms with Crippen molar-refractivity contribution in [2.75, 3.05) is 26.9 Å². The van der Waals surface area contributed by atoms with Gasteiger partial charge in [-0.1, -0.05) is 0 Å². The lowest BCUT2D eigenvalue weighted by molar-refractivity contribution is -0.127. The lowest BCUT2D eigenvalue weighted by Gasteiger charge is -2.26. The Balaban J connectivity index is 2.05. The fourth-order valence-corrected chi connectivity index (χ4v) is 1.84. The summed E-state index contributed by atoms with van der Waals surface area (Å²) in [6.45, 7) is 1.09. The fourth-order valence-electron chi connectivity index (χ4n) is 1.84. The van der Waals surface area contributed by atoms with Crippen LogP contribution < -0.4 is 11.1 Å². The van der Waals surface area contributed by atoms with E-state index in [9.17, 15) is 4.79 Å². The van der Waals surface area contributed by atoms with Crippen LogP contribution in [0.1, 0.15) is 25.7 Å². The number of hydrogen-bond donors (Lipinski definition) is 2. The Morgan fingerprint density at radius 3 is 2.62 bits per heavy atom. The largest absolute Gasteiger partial charge is 0.382 e. The third-order valence-electron chi connectivity index (χ3n) is 2.80. The predicted molar refractivity (Wildman–Crippen MR) is 61.1 cm³/mol. The molecule has 1 aliphatic rings. The molecule has 0 bridgehead atoms. The summed E-state index contributed by atoms with van der Waals surface area (Å²) in [5.74, 6) is -0.0448. The number of ether oxygens (including phenoxy) is 2. The van der Waals surface area contributed by atoms with Gasteiger partial charge in [0, 0.05) is 19.2 Å². The smallest absolute Gasteiger partial charge is 0.246 e. The summed E-state index contributed by atoms with van der Waals surface area (Å²) < 4.78 is 9.95. The highest BCUT2D eigenvalue weighted by atomic mass is 16.5. The summed E-state index contributed by atoms with van der Waals surface area (Å²) in [6, 6.07) is 0.587. The quantitative estimate of drug-likeness (QED) is 0.632. The first kappa shape index (κ1) is 13.4. The molecule has 3 N–H and O–H groups in total. The Bertz CT molecular complexity index is 203. The zero-order valence-corrected chi connectivity index (χ0v) is 9.91. The van der Waals surface area contributed by atoms with Crippen molar-refractivity contribution in [1.29, 1.82) is 0 Å². The number of carbonyl (C=O) groups excluding carboxylic acids is 1. The van der Waals surface area contributed by atoms with Crippen molar-refractivity contribution < 1.29 is 14.3 Å². The highest BCUT2D eigenvalue weighted by Crippen LogP contribution is 2.16. The molecule has 1 amide bonds. The first-order chi connectivity index (χ1) is 7.72. The molecule has 5 nitrogen and oxygen atoms in total. The second-order valence-corrected chi connectivity index (χ2v) is 4.22. The van der Waals surface area contributed by atoms with Crippen molar-refractivity contribution in [3.8, 4) is 0 Å². The number of hydrogen-bond acceptors (Lipinski definition) is 4. The van der Waals surface area contributed by atoms with E-state index in [1.54, 1.807) is 7.11 Å². The van der Waals surface area contributed by atoms with Gasteiger partial charge in [-0.3, -0.25) is 4.79 Å². The SMILES string of the molecule is COCCOCC(=O)NC1CCC(N)CC1. The van der Waals surface area contributed by atoms with Crippen molar-refractivity contribution in [2.45, 2.75) is 37.8 Å². The van der Waals surface area contributed by atoms with Crippen molar-refractivity contribution in [1.82, 2.24) is 5.32 Å². The van der Waals surface area contributed by atoms with Crippen LogP contribution in [0.4, 0.5) is 0 Å². The van der Waals surface area contributed by atoms with Gasteiger partial charge in [0.2, 0.25) is 5.91 Å². The average Bonchev–Trinajstić information content (AvgIpc) is 2.28. The van der Waals surface area contributed by atoms with Gasteiger partial charge in [0.15, 0.2) is 0 Å². The standard InChI is InChI=1S/C11H22N2O3/c1-15-6-7-16-8-11(14)13-10-4-2-9(12)3-5-10/h9-10H,2-8,12H2,1H3,(H,13,14). The lowest BCUT2D eigenvalue weighted by Crippen LogP contribution is -2.42.